The predicted octanol–water partition coefficient (Wildman–Crippen LogP) is 4.45. The standard InChI is InChI=1S/C20H18ClFN4O2/c1-13-2-7-16(12-17(13)21)24-20(27)23-10-11-28-19-9-8-18(25-26-19)14-3-5-15(22)6-4-14/h2-9,12H,10-11H2,1H3,(H2,23,24,27). The van der Waals surface area contributed by atoms with Gasteiger partial charge in [0.15, 0.2) is 0 Å². The second-order valence-corrected chi connectivity index (χ2v) is 6.36. The summed E-state index contributed by atoms with van der Waals surface area (Å²) < 4.78 is 18.4. The molecule has 144 valence electrons. The Balaban J connectivity index is 1.42. The molecule has 0 fully saturated rings. The fourth-order valence-electron chi connectivity index (χ4n) is 2.34. The van der Waals surface area contributed by atoms with Crippen molar-refractivity contribution in [1.82, 2.24) is 15.5 Å². The van der Waals surface area contributed by atoms with Crippen LogP contribution in [-0.4, -0.2) is 29.4 Å². The Bertz CT molecular complexity index is 949. The van der Waals surface area contributed by atoms with Gasteiger partial charge in [-0.2, -0.15) is 0 Å². The number of ether oxygens (including phenoxy) is 1. The number of nitrogens with zero attached hydrogens (tertiary/aromatic N) is 2. The van der Waals surface area contributed by atoms with Crippen LogP contribution in [0.3, 0.4) is 0 Å². The fourth-order valence-corrected chi connectivity index (χ4v) is 2.52. The summed E-state index contributed by atoms with van der Waals surface area (Å²) in [7, 11) is 0. The number of nitrogens with one attached hydrogen (secondary N) is 2. The molecule has 6 nitrogen and oxygen atoms in total. The molecule has 28 heavy (non-hydrogen) atoms. The Morgan fingerprint density at radius 1 is 1.11 bits per heavy atom. The van der Waals surface area contributed by atoms with Crippen LogP contribution < -0.4 is 15.4 Å². The number of aryl methyl sites for hydroxylation is 1. The van der Waals surface area contributed by atoms with E-state index in [4.69, 9.17) is 16.3 Å². The van der Waals surface area contributed by atoms with Gasteiger partial charge in [-0.15, -0.1) is 10.2 Å². The number of anilines is 1. The number of hydrogen-bond acceptors (Lipinski definition) is 4. The normalized spacial score (nSPS) is 10.4. The van der Waals surface area contributed by atoms with E-state index in [1.807, 2.05) is 13.0 Å². The zero-order chi connectivity index (χ0) is 19.9. The van der Waals surface area contributed by atoms with Crippen LogP contribution in [0.15, 0.2) is 54.6 Å². The number of hydrogen-bond donors (Lipinski definition) is 2. The van der Waals surface area contributed by atoms with Gasteiger partial charge in [0.05, 0.1) is 12.2 Å². The zero-order valence-electron chi connectivity index (χ0n) is 15.1. The van der Waals surface area contributed by atoms with Crippen LogP contribution >= 0.6 is 11.6 Å². The van der Waals surface area contributed by atoms with E-state index in [2.05, 4.69) is 20.8 Å². The van der Waals surface area contributed by atoms with E-state index >= 15 is 0 Å². The largest absolute Gasteiger partial charge is 0.475 e. The van der Waals surface area contributed by atoms with Gasteiger partial charge in [0, 0.05) is 22.3 Å². The van der Waals surface area contributed by atoms with Gasteiger partial charge < -0.3 is 15.4 Å². The van der Waals surface area contributed by atoms with Crippen molar-refractivity contribution in [2.45, 2.75) is 6.92 Å². The summed E-state index contributed by atoms with van der Waals surface area (Å²) in [6.07, 6.45) is 0. The number of aromatic nitrogens is 2. The summed E-state index contributed by atoms with van der Waals surface area (Å²) >= 11 is 6.03. The van der Waals surface area contributed by atoms with Crippen molar-refractivity contribution < 1.29 is 13.9 Å². The van der Waals surface area contributed by atoms with Crippen molar-refractivity contribution in [1.29, 1.82) is 0 Å². The molecule has 0 atom stereocenters. The first-order valence-electron chi connectivity index (χ1n) is 8.55. The number of benzene rings is 2. The molecule has 2 amide bonds. The Morgan fingerprint density at radius 3 is 2.57 bits per heavy atom. The van der Waals surface area contributed by atoms with Crippen molar-refractivity contribution in [3.63, 3.8) is 0 Å². The van der Waals surface area contributed by atoms with Gasteiger partial charge in [-0.25, -0.2) is 9.18 Å². The number of halogens is 2. The first kappa shape index (κ1) is 19.6. The molecule has 0 saturated heterocycles. The van der Waals surface area contributed by atoms with E-state index < -0.39 is 0 Å². The molecule has 0 radical (unpaired) electrons. The van der Waals surface area contributed by atoms with E-state index in [1.165, 1.54) is 12.1 Å². The third kappa shape index (κ3) is 5.40. The molecule has 2 aromatic carbocycles. The summed E-state index contributed by atoms with van der Waals surface area (Å²) in [4.78, 5) is 11.9. The minimum atomic E-state index is -0.360. The van der Waals surface area contributed by atoms with Crippen LogP contribution in [0.5, 0.6) is 5.88 Å². The van der Waals surface area contributed by atoms with E-state index in [9.17, 15) is 9.18 Å². The van der Waals surface area contributed by atoms with Crippen LogP contribution in [0.1, 0.15) is 5.56 Å². The first-order valence-corrected chi connectivity index (χ1v) is 8.92. The maximum Gasteiger partial charge on any atom is 0.319 e. The summed E-state index contributed by atoms with van der Waals surface area (Å²) in [5.41, 5.74) is 2.92. The fraction of sp³-hybridized carbons (Fsp3) is 0.150. The number of urea groups is 1. The molecular weight excluding hydrogens is 383 g/mol. The smallest absolute Gasteiger partial charge is 0.319 e. The third-order valence-electron chi connectivity index (χ3n) is 3.85. The molecule has 0 spiro atoms. The Hall–Kier alpha value is -3.19. The molecule has 0 aliphatic carbocycles. The van der Waals surface area contributed by atoms with E-state index in [-0.39, 0.29) is 25.0 Å². The molecule has 0 bridgehead atoms. The van der Waals surface area contributed by atoms with Crippen molar-refractivity contribution in [2.75, 3.05) is 18.5 Å². The SMILES string of the molecule is Cc1ccc(NC(=O)NCCOc2ccc(-c3ccc(F)cc3)nn2)cc1Cl. The second-order valence-electron chi connectivity index (χ2n) is 5.96. The second kappa shape index (κ2) is 9.14. The zero-order valence-corrected chi connectivity index (χ0v) is 15.8. The van der Waals surface area contributed by atoms with Crippen molar-refractivity contribution >= 4 is 23.3 Å². The molecule has 1 heterocycles. The average Bonchev–Trinajstić information content (AvgIpc) is 2.69. The van der Waals surface area contributed by atoms with Crippen LogP contribution in [-0.2, 0) is 0 Å². The molecular formula is C20H18ClFN4O2. The maximum atomic E-state index is 13.0. The lowest BCUT2D eigenvalue weighted by Gasteiger charge is -2.09. The molecule has 0 saturated carbocycles. The van der Waals surface area contributed by atoms with Gasteiger partial charge in [-0.3, -0.25) is 0 Å². The summed E-state index contributed by atoms with van der Waals surface area (Å²) in [5, 5.41) is 14.0. The van der Waals surface area contributed by atoms with Crippen molar-refractivity contribution in [3.8, 4) is 17.1 Å². The lowest BCUT2D eigenvalue weighted by Crippen LogP contribution is -2.32. The highest BCUT2D eigenvalue weighted by Crippen LogP contribution is 2.20. The summed E-state index contributed by atoms with van der Waals surface area (Å²) in [6.45, 7) is 2.40. The Kier molecular flexibility index (Phi) is 6.39. The van der Waals surface area contributed by atoms with E-state index in [1.54, 1.807) is 36.4 Å². The van der Waals surface area contributed by atoms with Crippen LogP contribution in [0.2, 0.25) is 5.02 Å². The minimum absolute atomic E-state index is 0.229. The molecule has 0 aliphatic heterocycles. The number of carbonyl (C=O) groups is 1. The monoisotopic (exact) mass is 400 g/mol. The van der Waals surface area contributed by atoms with E-state index in [0.29, 0.717) is 22.3 Å². The molecule has 3 aromatic rings. The van der Waals surface area contributed by atoms with E-state index in [0.717, 1.165) is 11.1 Å². The van der Waals surface area contributed by atoms with Crippen molar-refractivity contribution in [2.24, 2.45) is 0 Å². The Morgan fingerprint density at radius 2 is 1.89 bits per heavy atom. The molecule has 1 aromatic heterocycles. The Labute approximate surface area is 166 Å². The molecule has 3 rings (SSSR count). The maximum absolute atomic E-state index is 13.0. The van der Waals surface area contributed by atoms with Crippen LogP contribution in [0, 0.1) is 12.7 Å². The third-order valence-corrected chi connectivity index (χ3v) is 4.25. The first-order chi connectivity index (χ1) is 13.5. The number of carbonyl (C=O) groups excluding carboxylic acids is 1. The van der Waals surface area contributed by atoms with Gasteiger partial charge in [-0.05, 0) is 55.0 Å². The predicted molar refractivity (Wildman–Crippen MR) is 106 cm³/mol. The lowest BCUT2D eigenvalue weighted by atomic mass is 10.1. The van der Waals surface area contributed by atoms with Crippen molar-refractivity contribution in [3.05, 3.63) is 71.0 Å². The molecule has 8 heteroatoms. The highest BCUT2D eigenvalue weighted by Gasteiger charge is 2.05. The summed E-state index contributed by atoms with van der Waals surface area (Å²) in [6, 6.07) is 14.3. The quantitative estimate of drug-likeness (QED) is 0.599. The topological polar surface area (TPSA) is 76.1 Å². The number of amides is 2. The minimum Gasteiger partial charge on any atom is -0.475 e. The van der Waals surface area contributed by atoms with Gasteiger partial charge in [0.2, 0.25) is 5.88 Å². The molecule has 2 N–H and O–H groups in total. The van der Waals surface area contributed by atoms with Gasteiger partial charge in [0.25, 0.3) is 0 Å². The highest BCUT2D eigenvalue weighted by atomic mass is 35.5. The van der Waals surface area contributed by atoms with Gasteiger partial charge >= 0.3 is 6.03 Å². The number of rotatable bonds is 6. The van der Waals surface area contributed by atoms with Crippen LogP contribution in [0.25, 0.3) is 11.3 Å². The highest BCUT2D eigenvalue weighted by molar-refractivity contribution is 6.31. The average molecular weight is 401 g/mol. The lowest BCUT2D eigenvalue weighted by molar-refractivity contribution is 0.246. The van der Waals surface area contributed by atoms with Crippen LogP contribution in [0.4, 0.5) is 14.9 Å². The van der Waals surface area contributed by atoms with Gasteiger partial charge in [-0.1, -0.05) is 17.7 Å². The molecule has 0 unspecified atom stereocenters. The van der Waals surface area contributed by atoms with Gasteiger partial charge in [0.1, 0.15) is 12.4 Å². The molecule has 0 aliphatic rings. The summed E-state index contributed by atoms with van der Waals surface area (Å²) in [5.74, 6) is 0.0251.